The van der Waals surface area contributed by atoms with E-state index in [-0.39, 0.29) is 6.61 Å². The number of anilines is 1. The van der Waals surface area contributed by atoms with Crippen molar-refractivity contribution in [1.29, 1.82) is 0 Å². The molecule has 1 aliphatic heterocycles. The minimum absolute atomic E-state index is 0.281. The van der Waals surface area contributed by atoms with E-state index in [0.717, 1.165) is 4.47 Å². The van der Waals surface area contributed by atoms with Crippen LogP contribution in [0, 0.1) is 0 Å². The van der Waals surface area contributed by atoms with Crippen molar-refractivity contribution in [2.24, 2.45) is 0 Å². The number of hydrogen-bond acceptors (Lipinski definition) is 10. The molecule has 10 nitrogen and oxygen atoms in total. The van der Waals surface area contributed by atoms with Gasteiger partial charge in [0.25, 0.3) is 0 Å². The molecule has 5 atom stereocenters. The van der Waals surface area contributed by atoms with Crippen LogP contribution in [0.5, 0.6) is 0 Å². The van der Waals surface area contributed by atoms with Crippen LogP contribution in [0.15, 0.2) is 28.7 Å². The number of ether oxygens (including phenoxy) is 5. The van der Waals surface area contributed by atoms with Crippen LogP contribution in [0.3, 0.4) is 0 Å². The largest absolute Gasteiger partial charge is 0.463 e. The van der Waals surface area contributed by atoms with E-state index in [4.69, 9.17) is 23.7 Å². The van der Waals surface area contributed by atoms with Crippen molar-refractivity contribution in [2.45, 2.75) is 58.3 Å². The number of benzene rings is 1. The number of nitrogens with one attached hydrogen (secondary N) is 1. The molecule has 0 saturated carbocycles. The molecule has 1 heterocycles. The molecule has 0 spiro atoms. The maximum atomic E-state index is 11.8. The molecule has 1 saturated heterocycles. The Labute approximate surface area is 187 Å². The molecular weight excluding hydrogens is 478 g/mol. The number of rotatable bonds is 7. The molecule has 0 radical (unpaired) electrons. The second kappa shape index (κ2) is 11.1. The highest BCUT2D eigenvalue weighted by atomic mass is 79.9. The van der Waals surface area contributed by atoms with Crippen LogP contribution < -0.4 is 5.32 Å². The van der Waals surface area contributed by atoms with Gasteiger partial charge in [-0.1, -0.05) is 15.9 Å². The van der Waals surface area contributed by atoms with Gasteiger partial charge in [-0.15, -0.1) is 0 Å². The summed E-state index contributed by atoms with van der Waals surface area (Å²) in [5.74, 6) is -2.60. The second-order valence-electron chi connectivity index (χ2n) is 6.77. The quantitative estimate of drug-likeness (QED) is 0.437. The fraction of sp³-hybridized carbons (Fsp3) is 0.500. The summed E-state index contributed by atoms with van der Waals surface area (Å²) in [5.41, 5.74) is 0.615. The monoisotopic (exact) mass is 501 g/mol. The number of esters is 4. The second-order valence-corrected chi connectivity index (χ2v) is 7.69. The molecule has 0 aromatic heterocycles. The lowest BCUT2D eigenvalue weighted by atomic mass is 9.97. The fourth-order valence-electron chi connectivity index (χ4n) is 3.05. The van der Waals surface area contributed by atoms with Gasteiger partial charge in [-0.3, -0.25) is 19.2 Å². The molecule has 5 unspecified atom stereocenters. The van der Waals surface area contributed by atoms with Crippen LogP contribution in [-0.4, -0.2) is 61.1 Å². The standard InChI is InChI=1S/C20H24BrNO9/c1-10(23)27-9-16-17(28-11(2)24)18(29-12(3)25)19(30-13(4)26)20(31-16)22-15-7-5-14(21)6-8-15/h5-8,16-20,22H,9H2,1-4H3. The molecular formula is C20H24BrNO9. The minimum Gasteiger partial charge on any atom is -0.463 e. The third-order valence-corrected chi connectivity index (χ3v) is 4.67. The van der Waals surface area contributed by atoms with E-state index in [9.17, 15) is 19.2 Å². The Bertz CT molecular complexity index is 813. The van der Waals surface area contributed by atoms with Gasteiger partial charge in [-0.2, -0.15) is 0 Å². The summed E-state index contributed by atoms with van der Waals surface area (Å²) in [7, 11) is 0. The first-order valence-corrected chi connectivity index (χ1v) is 10.2. The van der Waals surface area contributed by atoms with Crippen molar-refractivity contribution in [1.82, 2.24) is 0 Å². The molecule has 1 N–H and O–H groups in total. The molecule has 1 fully saturated rings. The van der Waals surface area contributed by atoms with Gasteiger partial charge in [-0.25, -0.2) is 0 Å². The Kier molecular flexibility index (Phi) is 8.81. The van der Waals surface area contributed by atoms with E-state index in [1.165, 1.54) is 27.7 Å². The summed E-state index contributed by atoms with van der Waals surface area (Å²) < 4.78 is 27.9. The van der Waals surface area contributed by atoms with Crippen molar-refractivity contribution in [3.63, 3.8) is 0 Å². The van der Waals surface area contributed by atoms with Gasteiger partial charge in [0.15, 0.2) is 24.5 Å². The number of hydrogen-bond donors (Lipinski definition) is 1. The molecule has 31 heavy (non-hydrogen) atoms. The van der Waals surface area contributed by atoms with Gasteiger partial charge in [0.1, 0.15) is 12.7 Å². The fourth-order valence-corrected chi connectivity index (χ4v) is 3.32. The third kappa shape index (κ3) is 7.51. The summed E-state index contributed by atoms with van der Waals surface area (Å²) >= 11 is 3.34. The highest BCUT2D eigenvalue weighted by Gasteiger charge is 2.52. The zero-order chi connectivity index (χ0) is 23.1. The highest BCUT2D eigenvalue weighted by molar-refractivity contribution is 9.10. The molecule has 0 amide bonds. The molecule has 1 aliphatic rings. The Morgan fingerprint density at radius 1 is 0.839 bits per heavy atom. The minimum atomic E-state index is -1.22. The normalized spacial score (nSPS) is 25.1. The summed E-state index contributed by atoms with van der Waals surface area (Å²) in [5, 5.41) is 3.07. The molecule has 170 valence electrons. The molecule has 0 bridgehead atoms. The molecule has 1 aromatic rings. The van der Waals surface area contributed by atoms with Crippen LogP contribution in [0.1, 0.15) is 27.7 Å². The zero-order valence-corrected chi connectivity index (χ0v) is 19.0. The lowest BCUT2D eigenvalue weighted by Gasteiger charge is -2.44. The SMILES string of the molecule is CC(=O)OCC1OC(Nc2ccc(Br)cc2)C(OC(C)=O)C(OC(C)=O)C1OC(C)=O. The summed E-state index contributed by atoms with van der Waals surface area (Å²) in [6.07, 6.45) is -5.58. The highest BCUT2D eigenvalue weighted by Crippen LogP contribution is 2.30. The Morgan fingerprint density at radius 2 is 1.35 bits per heavy atom. The molecule has 0 aliphatic carbocycles. The van der Waals surface area contributed by atoms with Crippen LogP contribution >= 0.6 is 15.9 Å². The molecule has 2 rings (SSSR count). The van der Waals surface area contributed by atoms with Crippen LogP contribution in [-0.2, 0) is 42.9 Å². The van der Waals surface area contributed by atoms with Crippen molar-refractivity contribution < 1.29 is 42.9 Å². The van der Waals surface area contributed by atoms with Crippen molar-refractivity contribution >= 4 is 45.5 Å². The molecule has 11 heteroatoms. The zero-order valence-electron chi connectivity index (χ0n) is 17.5. The third-order valence-electron chi connectivity index (χ3n) is 4.14. The van der Waals surface area contributed by atoms with E-state index in [1.807, 2.05) is 0 Å². The number of halogens is 1. The van der Waals surface area contributed by atoms with Gasteiger partial charge in [0, 0.05) is 37.9 Å². The lowest BCUT2D eigenvalue weighted by Crippen LogP contribution is -2.64. The van der Waals surface area contributed by atoms with Crippen molar-refractivity contribution in [2.75, 3.05) is 11.9 Å². The maximum Gasteiger partial charge on any atom is 0.303 e. The van der Waals surface area contributed by atoms with E-state index in [0.29, 0.717) is 5.69 Å². The average molecular weight is 502 g/mol. The molecule has 1 aromatic carbocycles. The topological polar surface area (TPSA) is 126 Å². The van der Waals surface area contributed by atoms with Gasteiger partial charge in [0.05, 0.1) is 0 Å². The predicted octanol–water partition coefficient (Wildman–Crippen LogP) is 1.94. The summed E-state index contributed by atoms with van der Waals surface area (Å²) in [6.45, 7) is 4.46. The van der Waals surface area contributed by atoms with Gasteiger partial charge in [0.2, 0.25) is 0 Å². The van der Waals surface area contributed by atoms with E-state index in [1.54, 1.807) is 24.3 Å². The van der Waals surface area contributed by atoms with Crippen LogP contribution in [0.25, 0.3) is 0 Å². The maximum absolute atomic E-state index is 11.8. The summed E-state index contributed by atoms with van der Waals surface area (Å²) in [6, 6.07) is 7.07. The Morgan fingerprint density at radius 3 is 1.87 bits per heavy atom. The van der Waals surface area contributed by atoms with Crippen molar-refractivity contribution in [3.05, 3.63) is 28.7 Å². The van der Waals surface area contributed by atoms with E-state index >= 15 is 0 Å². The van der Waals surface area contributed by atoms with Gasteiger partial charge >= 0.3 is 23.9 Å². The van der Waals surface area contributed by atoms with E-state index in [2.05, 4.69) is 21.2 Å². The van der Waals surface area contributed by atoms with Crippen LogP contribution in [0.4, 0.5) is 5.69 Å². The lowest BCUT2D eigenvalue weighted by molar-refractivity contribution is -0.247. The number of carbonyl (C=O) groups excluding carboxylic acids is 4. The van der Waals surface area contributed by atoms with Crippen molar-refractivity contribution in [3.8, 4) is 0 Å². The van der Waals surface area contributed by atoms with E-state index < -0.39 is 54.5 Å². The smallest absolute Gasteiger partial charge is 0.303 e. The predicted molar refractivity (Wildman–Crippen MR) is 110 cm³/mol. The van der Waals surface area contributed by atoms with Gasteiger partial charge in [-0.05, 0) is 24.3 Å². The van der Waals surface area contributed by atoms with Crippen LogP contribution in [0.2, 0.25) is 0 Å². The first kappa shape index (κ1) is 24.6. The summed E-state index contributed by atoms with van der Waals surface area (Å²) in [4.78, 5) is 46.6. The first-order chi connectivity index (χ1) is 14.6. The van der Waals surface area contributed by atoms with Gasteiger partial charge < -0.3 is 29.0 Å². The Hall–Kier alpha value is -2.66. The Balaban J connectivity index is 2.43. The first-order valence-electron chi connectivity index (χ1n) is 9.39. The number of carbonyl (C=O) groups is 4. The average Bonchev–Trinajstić information content (AvgIpc) is 2.65.